The number of thiol groups is 1. The average molecular weight is 325 g/mol. The van der Waals surface area contributed by atoms with Gasteiger partial charge in [-0.3, -0.25) is 0 Å². The van der Waals surface area contributed by atoms with Gasteiger partial charge >= 0.3 is 0 Å². The summed E-state index contributed by atoms with van der Waals surface area (Å²) < 4.78 is 5.52. The van der Waals surface area contributed by atoms with Crippen LogP contribution < -0.4 is 4.74 Å². The van der Waals surface area contributed by atoms with Crippen molar-refractivity contribution in [1.29, 1.82) is 0 Å². The fourth-order valence-electron chi connectivity index (χ4n) is 2.05. The Balaban J connectivity index is 2.09. The van der Waals surface area contributed by atoms with Crippen molar-refractivity contribution in [3.8, 4) is 5.75 Å². The Morgan fingerprint density at radius 2 is 2.14 bits per heavy atom. The molecule has 0 saturated carbocycles. The van der Waals surface area contributed by atoms with E-state index in [1.807, 2.05) is 25.1 Å². The Morgan fingerprint density at radius 3 is 2.76 bits per heavy atom. The zero-order valence-corrected chi connectivity index (χ0v) is 14.9. The van der Waals surface area contributed by atoms with Gasteiger partial charge in [0, 0.05) is 11.8 Å². The van der Waals surface area contributed by atoms with Crippen LogP contribution in [0.2, 0.25) is 0 Å². The second kappa shape index (κ2) is 6.97. The largest absolute Gasteiger partial charge is 0.494 e. The highest BCUT2D eigenvalue weighted by Gasteiger charge is 2.23. The monoisotopic (exact) mass is 324 g/mol. The summed E-state index contributed by atoms with van der Waals surface area (Å²) in [4.78, 5) is 8.00. The van der Waals surface area contributed by atoms with Crippen molar-refractivity contribution in [2.45, 2.75) is 32.9 Å². The van der Waals surface area contributed by atoms with Crippen molar-refractivity contribution in [2.24, 2.45) is 11.3 Å². The maximum atomic E-state index is 5.52. The number of benzene rings is 1. The molecule has 0 fully saturated rings. The molecule has 0 radical (unpaired) electrons. The number of H-pyrrole nitrogens is 1. The molecule has 116 valence electrons. The molecule has 0 aliphatic heterocycles. The Bertz CT molecular complexity index is 589. The van der Waals surface area contributed by atoms with Gasteiger partial charge in [0.15, 0.2) is 5.16 Å². The van der Waals surface area contributed by atoms with Crippen LogP contribution >= 0.6 is 24.4 Å². The molecule has 5 heteroatoms. The predicted molar refractivity (Wildman–Crippen MR) is 94.8 cm³/mol. The van der Waals surface area contributed by atoms with E-state index in [9.17, 15) is 0 Å². The number of aromatic nitrogens is 2. The molecule has 2 aromatic rings. The number of hydrogen-bond donors (Lipinski definition) is 2. The summed E-state index contributed by atoms with van der Waals surface area (Å²) >= 11 is 6.25. The molecule has 21 heavy (non-hydrogen) atoms. The number of hydrogen-bond acceptors (Lipinski definition) is 4. The van der Waals surface area contributed by atoms with Crippen LogP contribution in [0.3, 0.4) is 0 Å². The number of aromatic amines is 1. The third kappa shape index (κ3) is 4.33. The van der Waals surface area contributed by atoms with Crippen molar-refractivity contribution < 1.29 is 4.74 Å². The summed E-state index contributed by atoms with van der Waals surface area (Å²) in [6, 6.07) is 5.98. The fraction of sp³-hybridized carbons (Fsp3) is 0.562. The second-order valence-electron chi connectivity index (χ2n) is 6.21. The number of imidazole rings is 1. The highest BCUT2D eigenvalue weighted by Crippen LogP contribution is 2.32. The first-order valence-electron chi connectivity index (χ1n) is 7.30. The van der Waals surface area contributed by atoms with Gasteiger partial charge in [0.2, 0.25) is 0 Å². The molecule has 0 saturated heterocycles. The molecule has 0 bridgehead atoms. The molecular weight excluding hydrogens is 300 g/mol. The zero-order valence-electron chi connectivity index (χ0n) is 13.1. The van der Waals surface area contributed by atoms with Crippen molar-refractivity contribution >= 4 is 35.4 Å². The number of ether oxygens (including phenoxy) is 1. The molecule has 1 aromatic heterocycles. The quantitative estimate of drug-likeness (QED) is 0.600. The van der Waals surface area contributed by atoms with Crippen LogP contribution in [0, 0.1) is 11.3 Å². The minimum Gasteiger partial charge on any atom is -0.494 e. The molecule has 1 atom stereocenters. The molecular formula is C16H24N2OS2. The Labute approximate surface area is 136 Å². The Kier molecular flexibility index (Phi) is 5.49. The number of thioether (sulfide) groups is 1. The van der Waals surface area contributed by atoms with E-state index in [1.54, 1.807) is 11.8 Å². The van der Waals surface area contributed by atoms with Crippen LogP contribution in [0.15, 0.2) is 23.4 Å². The van der Waals surface area contributed by atoms with Gasteiger partial charge < -0.3 is 9.72 Å². The van der Waals surface area contributed by atoms with E-state index in [1.165, 1.54) is 0 Å². The van der Waals surface area contributed by atoms with Crippen molar-refractivity contribution in [3.63, 3.8) is 0 Å². The third-order valence-corrected chi connectivity index (χ3v) is 5.09. The van der Waals surface area contributed by atoms with Crippen molar-refractivity contribution in [1.82, 2.24) is 9.97 Å². The summed E-state index contributed by atoms with van der Waals surface area (Å²) in [6.07, 6.45) is 0. The average Bonchev–Trinajstić information content (AvgIpc) is 2.80. The topological polar surface area (TPSA) is 37.9 Å². The lowest BCUT2D eigenvalue weighted by Gasteiger charge is -2.28. The van der Waals surface area contributed by atoms with Crippen molar-refractivity contribution in [3.05, 3.63) is 18.2 Å². The van der Waals surface area contributed by atoms with Crippen LogP contribution in [0.5, 0.6) is 5.75 Å². The number of nitrogens with zero attached hydrogens (tertiary/aromatic N) is 1. The molecule has 1 aromatic carbocycles. The Morgan fingerprint density at radius 1 is 1.38 bits per heavy atom. The maximum Gasteiger partial charge on any atom is 0.166 e. The zero-order chi connectivity index (χ0) is 15.5. The SMILES string of the molecule is CCOc1ccc2nc(SCC(CS)C(C)(C)C)[nH]c2c1. The lowest BCUT2D eigenvalue weighted by Crippen LogP contribution is -2.24. The number of rotatable bonds is 6. The first-order chi connectivity index (χ1) is 9.94. The fourth-order valence-corrected chi connectivity index (χ4v) is 4.22. The predicted octanol–water partition coefficient (Wildman–Crippen LogP) is 4.65. The molecule has 1 N–H and O–H groups in total. The van der Waals surface area contributed by atoms with Gasteiger partial charge in [-0.1, -0.05) is 32.5 Å². The molecule has 1 heterocycles. The van der Waals surface area contributed by atoms with Gasteiger partial charge in [-0.2, -0.15) is 12.6 Å². The third-order valence-electron chi connectivity index (χ3n) is 3.61. The van der Waals surface area contributed by atoms with Crippen molar-refractivity contribution in [2.75, 3.05) is 18.1 Å². The molecule has 0 amide bonds. The minimum absolute atomic E-state index is 0.267. The standard InChI is InChI=1S/C16H24N2OS2/c1-5-19-12-6-7-13-14(8-12)18-15(17-13)21-10-11(9-20)16(2,3)4/h6-8,11,20H,5,9-10H2,1-4H3,(H,17,18). The summed E-state index contributed by atoms with van der Waals surface area (Å²) in [5, 5.41) is 0.967. The lowest BCUT2D eigenvalue weighted by atomic mass is 9.83. The summed E-state index contributed by atoms with van der Waals surface area (Å²) in [5.41, 5.74) is 2.28. The minimum atomic E-state index is 0.267. The second-order valence-corrected chi connectivity index (χ2v) is 7.58. The van der Waals surface area contributed by atoms with Crippen LogP contribution in [-0.2, 0) is 0 Å². The van der Waals surface area contributed by atoms with Gasteiger partial charge in [-0.05, 0) is 36.1 Å². The van der Waals surface area contributed by atoms with E-state index in [4.69, 9.17) is 4.74 Å². The molecule has 0 aliphatic rings. The van der Waals surface area contributed by atoms with Gasteiger partial charge in [0.1, 0.15) is 5.75 Å². The van der Waals surface area contributed by atoms with Gasteiger partial charge in [0.25, 0.3) is 0 Å². The molecule has 0 aliphatic carbocycles. The summed E-state index contributed by atoms with van der Waals surface area (Å²) in [7, 11) is 0. The first kappa shape index (κ1) is 16.6. The van der Waals surface area contributed by atoms with Crippen LogP contribution in [0.1, 0.15) is 27.7 Å². The smallest absolute Gasteiger partial charge is 0.166 e. The van der Waals surface area contributed by atoms with Gasteiger partial charge in [-0.25, -0.2) is 4.98 Å². The number of fused-ring (bicyclic) bond motifs is 1. The lowest BCUT2D eigenvalue weighted by molar-refractivity contribution is 0.294. The molecule has 1 unspecified atom stereocenters. The maximum absolute atomic E-state index is 5.52. The molecule has 3 nitrogen and oxygen atoms in total. The molecule has 2 rings (SSSR count). The van der Waals surface area contributed by atoms with Crippen LogP contribution in [0.4, 0.5) is 0 Å². The van der Waals surface area contributed by atoms with Gasteiger partial charge in [0.05, 0.1) is 17.6 Å². The normalized spacial score (nSPS) is 13.6. The first-order valence-corrected chi connectivity index (χ1v) is 8.92. The van der Waals surface area contributed by atoms with E-state index in [0.717, 1.165) is 33.4 Å². The highest BCUT2D eigenvalue weighted by atomic mass is 32.2. The summed E-state index contributed by atoms with van der Waals surface area (Å²) in [5.74, 6) is 3.35. The molecule has 0 spiro atoms. The van der Waals surface area contributed by atoms with E-state index < -0.39 is 0 Å². The van der Waals surface area contributed by atoms with Crippen LogP contribution in [0.25, 0.3) is 11.0 Å². The van der Waals surface area contributed by atoms with E-state index >= 15 is 0 Å². The van der Waals surface area contributed by atoms with Crippen LogP contribution in [-0.4, -0.2) is 28.1 Å². The summed E-state index contributed by atoms with van der Waals surface area (Å²) in [6.45, 7) is 9.46. The van der Waals surface area contributed by atoms with E-state index in [-0.39, 0.29) is 5.41 Å². The Hall–Kier alpha value is -0.810. The highest BCUT2D eigenvalue weighted by molar-refractivity contribution is 7.99. The van der Waals surface area contributed by atoms with E-state index in [0.29, 0.717) is 12.5 Å². The number of nitrogens with one attached hydrogen (secondary N) is 1. The van der Waals surface area contributed by atoms with E-state index in [2.05, 4.69) is 43.4 Å². The van der Waals surface area contributed by atoms with Gasteiger partial charge in [-0.15, -0.1) is 0 Å².